The maximum atomic E-state index is 11.9. The van der Waals surface area contributed by atoms with Crippen molar-refractivity contribution in [3.63, 3.8) is 0 Å². The van der Waals surface area contributed by atoms with Crippen molar-refractivity contribution in [3.05, 3.63) is 11.6 Å². The number of rotatable bonds is 2. The number of hydrogen-bond acceptors (Lipinski definition) is 5. The van der Waals surface area contributed by atoms with E-state index < -0.39 is 23.2 Å². The number of aliphatic hydroxyl groups is 5. The zero-order chi connectivity index (χ0) is 25.8. The van der Waals surface area contributed by atoms with E-state index in [4.69, 9.17) is 0 Å². The lowest BCUT2D eigenvalue weighted by Gasteiger charge is -2.72. The molecule has 0 saturated heterocycles. The molecule has 5 aliphatic rings. The Hall–Kier alpha value is -0.460. The Morgan fingerprint density at radius 3 is 2.17 bits per heavy atom. The summed E-state index contributed by atoms with van der Waals surface area (Å²) in [6.07, 6.45) is 8.06. The normalized spacial score (nSPS) is 57.3. The summed E-state index contributed by atoms with van der Waals surface area (Å²) in [4.78, 5) is 0. The van der Waals surface area contributed by atoms with Crippen LogP contribution in [0.25, 0.3) is 0 Å². The Morgan fingerprint density at radius 1 is 0.886 bits per heavy atom. The zero-order valence-corrected chi connectivity index (χ0v) is 22.8. The molecule has 0 aromatic rings. The van der Waals surface area contributed by atoms with Crippen molar-refractivity contribution in [1.82, 2.24) is 0 Å². The van der Waals surface area contributed by atoms with Gasteiger partial charge in [0, 0.05) is 11.3 Å². The van der Waals surface area contributed by atoms with Gasteiger partial charge in [-0.25, -0.2) is 0 Å². The topological polar surface area (TPSA) is 101 Å². The Balaban J connectivity index is 1.62. The predicted octanol–water partition coefficient (Wildman–Crippen LogP) is 4.06. The molecule has 200 valence electrons. The van der Waals surface area contributed by atoms with E-state index in [1.807, 2.05) is 0 Å². The van der Waals surface area contributed by atoms with E-state index in [0.29, 0.717) is 6.42 Å². The van der Waals surface area contributed by atoms with Gasteiger partial charge in [0.2, 0.25) is 0 Å². The van der Waals surface area contributed by atoms with Gasteiger partial charge in [0.05, 0.1) is 31.0 Å². The minimum absolute atomic E-state index is 0.0148. The first kappa shape index (κ1) is 26.2. The van der Waals surface area contributed by atoms with Crippen LogP contribution in [-0.2, 0) is 0 Å². The van der Waals surface area contributed by atoms with Gasteiger partial charge in [-0.3, -0.25) is 0 Å². The molecule has 0 spiro atoms. The fraction of sp³-hybridized carbons (Fsp3) is 0.933. The quantitative estimate of drug-likeness (QED) is 0.376. The minimum Gasteiger partial charge on any atom is -0.396 e. The van der Waals surface area contributed by atoms with Gasteiger partial charge in [0.25, 0.3) is 0 Å². The molecule has 5 aliphatic carbocycles. The SMILES string of the molecule is CC1CCC2(C)CCC3(C)C(=CCC4C5(C)CC(O)C(O)C(CO)(CO)C5CCC43C)C2C1(C)O. The fourth-order valence-electron chi connectivity index (χ4n) is 11.1. The van der Waals surface area contributed by atoms with Crippen LogP contribution >= 0.6 is 0 Å². The molecule has 5 heteroatoms. The number of fused-ring (bicyclic) bond motifs is 7. The molecular formula is C30H50O5. The van der Waals surface area contributed by atoms with Crippen molar-refractivity contribution in [1.29, 1.82) is 0 Å². The minimum atomic E-state index is -1.11. The van der Waals surface area contributed by atoms with Gasteiger partial charge in [0.1, 0.15) is 0 Å². The lowest BCUT2D eigenvalue weighted by Crippen LogP contribution is -2.70. The monoisotopic (exact) mass is 490 g/mol. The third kappa shape index (κ3) is 3.00. The molecule has 4 saturated carbocycles. The first-order valence-corrected chi connectivity index (χ1v) is 14.2. The van der Waals surface area contributed by atoms with Crippen LogP contribution < -0.4 is 0 Å². The van der Waals surface area contributed by atoms with E-state index in [0.717, 1.165) is 38.5 Å². The van der Waals surface area contributed by atoms with Crippen LogP contribution in [0.4, 0.5) is 0 Å². The third-order valence-electron chi connectivity index (χ3n) is 13.6. The number of hydrogen-bond donors (Lipinski definition) is 5. The lowest BCUT2D eigenvalue weighted by molar-refractivity contribution is -0.258. The molecule has 4 fully saturated rings. The van der Waals surface area contributed by atoms with Crippen LogP contribution in [0, 0.1) is 50.7 Å². The van der Waals surface area contributed by atoms with Gasteiger partial charge in [0.15, 0.2) is 0 Å². The molecule has 5 N–H and O–H groups in total. The maximum absolute atomic E-state index is 11.9. The molecule has 11 atom stereocenters. The average molecular weight is 491 g/mol. The standard InChI is InChI=1S/C30H50O5/c1-18-9-11-25(2)13-14-27(4)19(23(25)29(18,6)35)7-8-21-26(3)15-20(33)24(34)30(16-31,17-32)22(26)10-12-28(21,27)5/h7,18,20-24,31-35H,8-17H2,1-6H3. The third-order valence-corrected chi connectivity index (χ3v) is 13.6. The summed E-state index contributed by atoms with van der Waals surface area (Å²) in [7, 11) is 0. The molecule has 0 bridgehead atoms. The largest absolute Gasteiger partial charge is 0.396 e. The smallest absolute Gasteiger partial charge is 0.0902 e. The first-order valence-electron chi connectivity index (χ1n) is 14.2. The lowest BCUT2D eigenvalue weighted by atomic mass is 9.33. The molecular weight excluding hydrogens is 440 g/mol. The van der Waals surface area contributed by atoms with Gasteiger partial charge < -0.3 is 25.5 Å². The van der Waals surface area contributed by atoms with Crippen LogP contribution in [-0.4, -0.2) is 56.6 Å². The summed E-state index contributed by atoms with van der Waals surface area (Å²) in [5.41, 5.74) is -0.567. The van der Waals surface area contributed by atoms with E-state index in [9.17, 15) is 25.5 Å². The maximum Gasteiger partial charge on any atom is 0.0902 e. The summed E-state index contributed by atoms with van der Waals surface area (Å²) < 4.78 is 0. The van der Waals surface area contributed by atoms with Gasteiger partial charge in [-0.2, -0.15) is 0 Å². The van der Waals surface area contributed by atoms with Gasteiger partial charge in [-0.15, -0.1) is 0 Å². The molecule has 0 aromatic heterocycles. The van der Waals surface area contributed by atoms with Crippen molar-refractivity contribution in [2.24, 2.45) is 50.7 Å². The zero-order valence-electron chi connectivity index (χ0n) is 22.8. The molecule has 0 heterocycles. The highest BCUT2D eigenvalue weighted by molar-refractivity contribution is 5.35. The molecule has 0 radical (unpaired) electrons. The van der Waals surface area contributed by atoms with E-state index in [1.165, 1.54) is 12.0 Å². The van der Waals surface area contributed by atoms with Crippen molar-refractivity contribution in [2.45, 2.75) is 111 Å². The number of allylic oxidation sites excluding steroid dienone is 1. The predicted molar refractivity (Wildman–Crippen MR) is 136 cm³/mol. The Kier molecular flexibility index (Phi) is 5.82. The molecule has 5 rings (SSSR count). The second-order valence-electron chi connectivity index (χ2n) is 14.8. The highest BCUT2D eigenvalue weighted by atomic mass is 16.3. The Labute approximate surface area is 212 Å². The van der Waals surface area contributed by atoms with E-state index in [2.05, 4.69) is 47.6 Å². The molecule has 0 aromatic carbocycles. The van der Waals surface area contributed by atoms with Crippen LogP contribution in [0.15, 0.2) is 11.6 Å². The van der Waals surface area contributed by atoms with Crippen LogP contribution in [0.3, 0.4) is 0 Å². The van der Waals surface area contributed by atoms with Crippen molar-refractivity contribution >= 4 is 0 Å². The Morgan fingerprint density at radius 2 is 1.54 bits per heavy atom. The average Bonchev–Trinajstić information content (AvgIpc) is 2.79. The molecule has 35 heavy (non-hydrogen) atoms. The van der Waals surface area contributed by atoms with Crippen molar-refractivity contribution < 1.29 is 25.5 Å². The summed E-state index contributed by atoms with van der Waals surface area (Å²) in [5, 5.41) is 54.8. The van der Waals surface area contributed by atoms with Crippen molar-refractivity contribution in [3.8, 4) is 0 Å². The van der Waals surface area contributed by atoms with E-state index >= 15 is 0 Å². The second-order valence-corrected chi connectivity index (χ2v) is 14.8. The number of aliphatic hydroxyl groups excluding tert-OH is 4. The Bertz CT molecular complexity index is 888. The van der Waals surface area contributed by atoms with Crippen LogP contribution in [0.5, 0.6) is 0 Å². The summed E-state index contributed by atoms with van der Waals surface area (Å²) >= 11 is 0. The summed E-state index contributed by atoms with van der Waals surface area (Å²) in [6, 6.07) is 0. The van der Waals surface area contributed by atoms with Gasteiger partial charge in [-0.1, -0.05) is 46.3 Å². The molecule has 0 aliphatic heterocycles. The highest BCUT2D eigenvalue weighted by Crippen LogP contribution is 2.76. The molecule has 5 nitrogen and oxygen atoms in total. The van der Waals surface area contributed by atoms with Crippen molar-refractivity contribution in [2.75, 3.05) is 13.2 Å². The second kappa shape index (κ2) is 7.79. The summed E-state index contributed by atoms with van der Waals surface area (Å²) in [6.45, 7) is 13.2. The molecule has 0 amide bonds. The van der Waals surface area contributed by atoms with E-state index in [-0.39, 0.29) is 58.5 Å². The fourth-order valence-corrected chi connectivity index (χ4v) is 11.1. The molecule has 11 unspecified atom stereocenters. The van der Waals surface area contributed by atoms with Gasteiger partial charge in [-0.05, 0) is 97.7 Å². The highest BCUT2D eigenvalue weighted by Gasteiger charge is 2.71. The van der Waals surface area contributed by atoms with Gasteiger partial charge >= 0.3 is 0 Å². The summed E-state index contributed by atoms with van der Waals surface area (Å²) in [5.74, 6) is 0.657. The van der Waals surface area contributed by atoms with Crippen LogP contribution in [0.1, 0.15) is 92.9 Å². The van der Waals surface area contributed by atoms with E-state index in [1.54, 1.807) is 0 Å². The van der Waals surface area contributed by atoms with Crippen LogP contribution in [0.2, 0.25) is 0 Å². The first-order chi connectivity index (χ1) is 16.2.